The third-order valence-electron chi connectivity index (χ3n) is 4.77. The zero-order chi connectivity index (χ0) is 20.1. The number of amides is 3. The predicted molar refractivity (Wildman–Crippen MR) is 90.9 cm³/mol. The Hall–Kier alpha value is -3.49. The molecular weight excluding hydrogens is 374 g/mol. The maximum absolute atomic E-state index is 13.4. The number of urea groups is 1. The van der Waals surface area contributed by atoms with E-state index in [0.29, 0.717) is 17.1 Å². The number of fused-ring (bicyclic) bond motifs is 1. The number of nitrogens with zero attached hydrogens (tertiary/aromatic N) is 1. The zero-order valence-corrected chi connectivity index (χ0v) is 14.6. The lowest BCUT2D eigenvalue weighted by molar-refractivity contribution is -0.130. The van der Waals surface area contributed by atoms with Crippen LogP contribution < -0.4 is 14.8 Å². The SMILES string of the molecule is CC1(c2ccc3c(c2)OCO3)NC(=O)N(CC(=O)c2ccc(F)c(F)c2)C1=O. The largest absolute Gasteiger partial charge is 0.454 e. The second-order valence-corrected chi connectivity index (χ2v) is 6.57. The molecule has 0 radical (unpaired) electrons. The van der Waals surface area contributed by atoms with Crippen molar-refractivity contribution in [2.45, 2.75) is 12.5 Å². The number of ether oxygens (including phenoxy) is 2. The number of hydrogen-bond acceptors (Lipinski definition) is 5. The van der Waals surface area contributed by atoms with Crippen LogP contribution in [-0.2, 0) is 10.3 Å². The summed E-state index contributed by atoms with van der Waals surface area (Å²) in [5.41, 5.74) is -1.10. The Labute approximate surface area is 157 Å². The van der Waals surface area contributed by atoms with E-state index in [4.69, 9.17) is 9.47 Å². The van der Waals surface area contributed by atoms with E-state index in [9.17, 15) is 23.2 Å². The highest BCUT2D eigenvalue weighted by Crippen LogP contribution is 2.37. The molecule has 1 saturated heterocycles. The number of carbonyl (C=O) groups is 3. The van der Waals surface area contributed by atoms with Crippen LogP contribution >= 0.6 is 0 Å². The second kappa shape index (κ2) is 6.29. The van der Waals surface area contributed by atoms with Crippen LogP contribution in [0.1, 0.15) is 22.8 Å². The number of ketones is 1. The Morgan fingerprint density at radius 2 is 1.86 bits per heavy atom. The second-order valence-electron chi connectivity index (χ2n) is 6.57. The van der Waals surface area contributed by atoms with Crippen molar-refractivity contribution < 1.29 is 32.6 Å². The number of hydrogen-bond donors (Lipinski definition) is 1. The molecule has 2 aromatic rings. The summed E-state index contributed by atoms with van der Waals surface area (Å²) in [5.74, 6) is -2.66. The zero-order valence-electron chi connectivity index (χ0n) is 14.6. The van der Waals surface area contributed by atoms with Crippen molar-refractivity contribution in [1.29, 1.82) is 0 Å². The molecule has 0 aromatic heterocycles. The number of rotatable bonds is 4. The van der Waals surface area contributed by atoms with Crippen LogP contribution in [0.15, 0.2) is 36.4 Å². The molecule has 0 saturated carbocycles. The number of nitrogens with one attached hydrogen (secondary N) is 1. The molecule has 1 N–H and O–H groups in total. The van der Waals surface area contributed by atoms with Gasteiger partial charge >= 0.3 is 6.03 Å². The number of carbonyl (C=O) groups excluding carboxylic acids is 3. The number of Topliss-reactive ketones (excluding diaryl/α,β-unsaturated/α-hetero) is 1. The summed E-state index contributed by atoms with van der Waals surface area (Å²) in [6.45, 7) is 0.966. The predicted octanol–water partition coefficient (Wildman–Crippen LogP) is 2.34. The first-order chi connectivity index (χ1) is 13.3. The van der Waals surface area contributed by atoms with Gasteiger partial charge in [-0.05, 0) is 42.8 Å². The summed E-state index contributed by atoms with van der Waals surface area (Å²) in [5, 5.41) is 2.57. The lowest BCUT2D eigenvalue weighted by Gasteiger charge is -2.22. The number of benzene rings is 2. The number of imide groups is 1. The number of halogens is 2. The molecule has 4 rings (SSSR count). The van der Waals surface area contributed by atoms with Gasteiger partial charge in [-0.25, -0.2) is 13.6 Å². The fourth-order valence-corrected chi connectivity index (χ4v) is 3.15. The van der Waals surface area contributed by atoms with E-state index in [1.165, 1.54) is 6.92 Å². The monoisotopic (exact) mass is 388 g/mol. The third kappa shape index (κ3) is 2.75. The first-order valence-corrected chi connectivity index (χ1v) is 8.32. The Morgan fingerprint density at radius 3 is 2.61 bits per heavy atom. The van der Waals surface area contributed by atoms with Gasteiger partial charge in [0.2, 0.25) is 6.79 Å². The van der Waals surface area contributed by atoms with Crippen LogP contribution in [0, 0.1) is 11.6 Å². The Morgan fingerprint density at radius 1 is 1.11 bits per heavy atom. The van der Waals surface area contributed by atoms with Crippen molar-refractivity contribution >= 4 is 17.7 Å². The van der Waals surface area contributed by atoms with E-state index in [1.54, 1.807) is 18.2 Å². The molecule has 7 nitrogen and oxygen atoms in total. The minimum absolute atomic E-state index is 0.0602. The topological polar surface area (TPSA) is 84.9 Å². The molecule has 28 heavy (non-hydrogen) atoms. The lowest BCUT2D eigenvalue weighted by Crippen LogP contribution is -2.41. The summed E-state index contributed by atoms with van der Waals surface area (Å²) in [6, 6.07) is 6.70. The maximum Gasteiger partial charge on any atom is 0.325 e. The smallest absolute Gasteiger partial charge is 0.325 e. The Bertz CT molecular complexity index is 1030. The van der Waals surface area contributed by atoms with Crippen LogP contribution in [-0.4, -0.2) is 36.0 Å². The van der Waals surface area contributed by atoms with Crippen LogP contribution in [0.3, 0.4) is 0 Å². The van der Waals surface area contributed by atoms with Gasteiger partial charge in [-0.3, -0.25) is 14.5 Å². The fourth-order valence-electron chi connectivity index (χ4n) is 3.15. The highest BCUT2D eigenvalue weighted by atomic mass is 19.2. The van der Waals surface area contributed by atoms with Gasteiger partial charge in [-0.2, -0.15) is 0 Å². The standard InChI is InChI=1S/C19H14F2N2O5/c1-19(11-3-5-15-16(7-11)28-9-27-15)17(25)23(18(26)22-19)8-14(24)10-2-4-12(20)13(21)6-10/h2-7H,8-9H2,1H3,(H,22,26). The van der Waals surface area contributed by atoms with E-state index in [0.717, 1.165) is 23.1 Å². The molecule has 3 amide bonds. The first-order valence-electron chi connectivity index (χ1n) is 8.32. The molecule has 1 fully saturated rings. The van der Waals surface area contributed by atoms with Crippen molar-refractivity contribution in [3.8, 4) is 11.5 Å². The van der Waals surface area contributed by atoms with Gasteiger partial charge in [-0.15, -0.1) is 0 Å². The van der Waals surface area contributed by atoms with Gasteiger partial charge in [0.15, 0.2) is 28.9 Å². The van der Waals surface area contributed by atoms with Crippen molar-refractivity contribution in [2.75, 3.05) is 13.3 Å². The Kier molecular flexibility index (Phi) is 4.02. The van der Waals surface area contributed by atoms with Crippen molar-refractivity contribution in [3.05, 3.63) is 59.2 Å². The van der Waals surface area contributed by atoms with Crippen LogP contribution in [0.25, 0.3) is 0 Å². The molecule has 2 aliphatic heterocycles. The highest BCUT2D eigenvalue weighted by Gasteiger charge is 2.49. The Balaban J connectivity index is 1.58. The quantitative estimate of drug-likeness (QED) is 0.642. The van der Waals surface area contributed by atoms with Crippen molar-refractivity contribution in [1.82, 2.24) is 10.2 Å². The average Bonchev–Trinajstić information content (AvgIpc) is 3.22. The van der Waals surface area contributed by atoms with Crippen molar-refractivity contribution in [2.24, 2.45) is 0 Å². The normalized spacial score (nSPS) is 20.5. The molecule has 0 aliphatic carbocycles. The van der Waals surface area contributed by atoms with E-state index in [1.807, 2.05) is 0 Å². The molecule has 2 aliphatic rings. The summed E-state index contributed by atoms with van der Waals surface area (Å²) >= 11 is 0. The molecule has 0 spiro atoms. The first kappa shape index (κ1) is 17.9. The lowest BCUT2D eigenvalue weighted by atomic mass is 9.91. The van der Waals surface area contributed by atoms with Gasteiger partial charge in [0.25, 0.3) is 5.91 Å². The minimum Gasteiger partial charge on any atom is -0.454 e. The van der Waals surface area contributed by atoms with Crippen LogP contribution in [0.5, 0.6) is 11.5 Å². The molecule has 9 heteroatoms. The highest BCUT2D eigenvalue weighted by molar-refractivity contribution is 6.11. The third-order valence-corrected chi connectivity index (χ3v) is 4.77. The fraction of sp³-hybridized carbons (Fsp3) is 0.211. The van der Waals surface area contributed by atoms with E-state index in [-0.39, 0.29) is 12.4 Å². The minimum atomic E-state index is -1.41. The molecule has 2 aromatic carbocycles. The van der Waals surface area contributed by atoms with Crippen LogP contribution in [0.2, 0.25) is 0 Å². The van der Waals surface area contributed by atoms with E-state index in [2.05, 4.69) is 5.32 Å². The summed E-state index contributed by atoms with van der Waals surface area (Å²) in [4.78, 5) is 38.4. The molecule has 1 atom stereocenters. The van der Waals surface area contributed by atoms with E-state index < -0.39 is 41.4 Å². The maximum atomic E-state index is 13.4. The van der Waals surface area contributed by atoms with Gasteiger partial charge in [0.1, 0.15) is 5.54 Å². The molecule has 1 unspecified atom stereocenters. The van der Waals surface area contributed by atoms with Crippen molar-refractivity contribution in [3.63, 3.8) is 0 Å². The van der Waals surface area contributed by atoms with E-state index >= 15 is 0 Å². The molecule has 144 valence electrons. The average molecular weight is 388 g/mol. The molecular formula is C19H14F2N2O5. The van der Waals surface area contributed by atoms with Gasteiger partial charge in [0.05, 0.1) is 6.54 Å². The van der Waals surface area contributed by atoms with Gasteiger partial charge < -0.3 is 14.8 Å². The summed E-state index contributed by atoms with van der Waals surface area (Å²) < 4.78 is 36.9. The van der Waals surface area contributed by atoms with Gasteiger partial charge in [-0.1, -0.05) is 6.07 Å². The summed E-state index contributed by atoms with van der Waals surface area (Å²) in [6.07, 6.45) is 0. The molecule has 2 heterocycles. The molecule has 0 bridgehead atoms. The summed E-state index contributed by atoms with van der Waals surface area (Å²) in [7, 11) is 0. The van der Waals surface area contributed by atoms with Crippen LogP contribution in [0.4, 0.5) is 13.6 Å². The van der Waals surface area contributed by atoms with Gasteiger partial charge in [0, 0.05) is 5.56 Å².